The Bertz CT molecular complexity index is 195. The van der Waals surface area contributed by atoms with Crippen LogP contribution in [0.15, 0.2) is 0 Å². The predicted molar refractivity (Wildman–Crippen MR) is 70.7 cm³/mol. The number of hydrogen-bond acceptors (Lipinski definition) is 2. The molecular weight excluding hydrogens is 274 g/mol. The van der Waals surface area contributed by atoms with Crippen LogP contribution in [-0.2, 0) is 4.79 Å². The number of amides is 1. The second kappa shape index (κ2) is 7.55. The van der Waals surface area contributed by atoms with Crippen molar-refractivity contribution >= 4 is 33.6 Å². The van der Waals surface area contributed by atoms with Crippen LogP contribution in [0.2, 0.25) is 0 Å². The Balaban J connectivity index is 2.19. The lowest BCUT2D eigenvalue weighted by atomic mass is 10.0. The molecule has 88 valence electrons. The van der Waals surface area contributed by atoms with Crippen LogP contribution >= 0.6 is 27.7 Å². The maximum Gasteiger partial charge on any atom is 0.233 e. The zero-order valence-corrected chi connectivity index (χ0v) is 11.7. The van der Waals surface area contributed by atoms with Crippen LogP contribution < -0.4 is 5.32 Å². The Morgan fingerprint density at radius 1 is 1.67 bits per heavy atom. The van der Waals surface area contributed by atoms with Crippen LogP contribution in [0.1, 0.15) is 32.6 Å². The maximum absolute atomic E-state index is 11.7. The molecule has 1 aliphatic rings. The van der Waals surface area contributed by atoms with E-state index in [1.807, 2.05) is 0 Å². The summed E-state index contributed by atoms with van der Waals surface area (Å²) in [7, 11) is 0. The van der Waals surface area contributed by atoms with Gasteiger partial charge in [-0.2, -0.15) is 0 Å². The number of carbonyl (C=O) groups excluding carboxylic acids is 1. The molecule has 1 N–H and O–H groups in total. The smallest absolute Gasteiger partial charge is 0.233 e. The van der Waals surface area contributed by atoms with Crippen molar-refractivity contribution in [3.05, 3.63) is 0 Å². The van der Waals surface area contributed by atoms with Crippen LogP contribution in [0.25, 0.3) is 0 Å². The van der Waals surface area contributed by atoms with E-state index >= 15 is 0 Å². The molecule has 0 saturated carbocycles. The molecule has 0 radical (unpaired) electrons. The van der Waals surface area contributed by atoms with E-state index in [1.165, 1.54) is 6.42 Å². The van der Waals surface area contributed by atoms with Crippen molar-refractivity contribution in [2.75, 3.05) is 17.6 Å². The van der Waals surface area contributed by atoms with Gasteiger partial charge in [-0.05, 0) is 30.9 Å². The van der Waals surface area contributed by atoms with Crippen LogP contribution in [0.5, 0.6) is 0 Å². The monoisotopic (exact) mass is 293 g/mol. The summed E-state index contributed by atoms with van der Waals surface area (Å²) in [4.78, 5) is 11.7. The van der Waals surface area contributed by atoms with E-state index < -0.39 is 0 Å². The number of carbonyl (C=O) groups is 1. The van der Waals surface area contributed by atoms with Crippen molar-refractivity contribution < 1.29 is 4.79 Å². The minimum atomic E-state index is 0.228. The topological polar surface area (TPSA) is 29.1 Å². The van der Waals surface area contributed by atoms with Crippen LogP contribution in [0, 0.1) is 5.92 Å². The molecule has 1 aliphatic heterocycles. The summed E-state index contributed by atoms with van der Waals surface area (Å²) in [5, 5.41) is 4.34. The van der Waals surface area contributed by atoms with Gasteiger partial charge < -0.3 is 5.32 Å². The highest BCUT2D eigenvalue weighted by molar-refractivity contribution is 9.09. The summed E-state index contributed by atoms with van der Waals surface area (Å²) in [6.07, 6.45) is 4.55. The molecule has 0 aromatic heterocycles. The summed E-state index contributed by atoms with van der Waals surface area (Å²) >= 11 is 5.25. The molecule has 0 aromatic carbocycles. The first-order valence-corrected chi connectivity index (χ1v) is 7.90. The highest BCUT2D eigenvalue weighted by atomic mass is 79.9. The fraction of sp³-hybridized carbons (Fsp3) is 0.909. The van der Waals surface area contributed by atoms with Crippen molar-refractivity contribution in [2.45, 2.75) is 37.9 Å². The molecule has 2 unspecified atom stereocenters. The van der Waals surface area contributed by atoms with Gasteiger partial charge in [0.15, 0.2) is 0 Å². The van der Waals surface area contributed by atoms with E-state index in [1.54, 1.807) is 11.8 Å². The van der Waals surface area contributed by atoms with Gasteiger partial charge in [0.25, 0.3) is 0 Å². The average molecular weight is 294 g/mol. The number of hydrogen-bond donors (Lipinski definition) is 1. The summed E-state index contributed by atoms with van der Waals surface area (Å²) in [6.45, 7) is 3.03. The predicted octanol–water partition coefficient (Wildman–Crippen LogP) is 2.81. The van der Waals surface area contributed by atoms with Gasteiger partial charge in [-0.25, -0.2) is 0 Å². The molecule has 15 heavy (non-hydrogen) atoms. The molecule has 1 fully saturated rings. The molecule has 1 amide bonds. The van der Waals surface area contributed by atoms with E-state index in [9.17, 15) is 4.79 Å². The van der Waals surface area contributed by atoms with Crippen LogP contribution in [-0.4, -0.2) is 28.8 Å². The minimum Gasteiger partial charge on any atom is -0.355 e. The zero-order chi connectivity index (χ0) is 11.1. The summed E-state index contributed by atoms with van der Waals surface area (Å²) < 4.78 is 0. The number of alkyl halides is 1. The first-order chi connectivity index (χ1) is 7.27. The second-order valence-corrected chi connectivity index (χ2v) is 6.10. The lowest BCUT2D eigenvalue weighted by molar-refractivity contribution is -0.120. The van der Waals surface area contributed by atoms with Gasteiger partial charge in [-0.1, -0.05) is 29.3 Å². The molecule has 1 heterocycles. The SMILES string of the molecule is CCC(CCBr)CNC(=O)C1CCCS1. The first kappa shape index (κ1) is 13.4. The Kier molecular flexibility index (Phi) is 6.73. The molecule has 0 aliphatic carbocycles. The third kappa shape index (κ3) is 4.77. The Morgan fingerprint density at radius 2 is 2.47 bits per heavy atom. The van der Waals surface area contributed by atoms with E-state index in [4.69, 9.17) is 0 Å². The lowest BCUT2D eigenvalue weighted by Crippen LogP contribution is -2.35. The molecule has 4 heteroatoms. The molecule has 0 spiro atoms. The number of rotatable bonds is 6. The van der Waals surface area contributed by atoms with Gasteiger partial charge in [0, 0.05) is 11.9 Å². The number of thioether (sulfide) groups is 1. The van der Waals surface area contributed by atoms with Crippen LogP contribution in [0.4, 0.5) is 0 Å². The minimum absolute atomic E-state index is 0.228. The standard InChI is InChI=1S/C11H20BrNOS/c1-2-9(5-6-12)8-13-11(14)10-4-3-7-15-10/h9-10H,2-8H2,1H3,(H,13,14). The third-order valence-corrected chi connectivity index (χ3v) is 4.72. The van der Waals surface area contributed by atoms with Crippen molar-refractivity contribution in [1.82, 2.24) is 5.32 Å². The van der Waals surface area contributed by atoms with Crippen molar-refractivity contribution in [3.63, 3.8) is 0 Å². The van der Waals surface area contributed by atoms with Gasteiger partial charge >= 0.3 is 0 Å². The normalized spacial score (nSPS) is 22.7. The van der Waals surface area contributed by atoms with Gasteiger partial charge in [-0.15, -0.1) is 11.8 Å². The highest BCUT2D eigenvalue weighted by Crippen LogP contribution is 2.26. The number of nitrogens with one attached hydrogen (secondary N) is 1. The molecular formula is C11H20BrNOS. The summed E-state index contributed by atoms with van der Waals surface area (Å²) in [6, 6.07) is 0. The fourth-order valence-electron chi connectivity index (χ4n) is 1.75. The average Bonchev–Trinajstić information content (AvgIpc) is 2.77. The van der Waals surface area contributed by atoms with E-state index in [2.05, 4.69) is 28.2 Å². The maximum atomic E-state index is 11.7. The molecule has 0 bridgehead atoms. The molecule has 2 atom stereocenters. The van der Waals surface area contributed by atoms with Crippen molar-refractivity contribution in [1.29, 1.82) is 0 Å². The second-order valence-electron chi connectivity index (χ2n) is 4.00. The lowest BCUT2D eigenvalue weighted by Gasteiger charge is -2.16. The van der Waals surface area contributed by atoms with Gasteiger partial charge in [0.2, 0.25) is 5.91 Å². The van der Waals surface area contributed by atoms with Crippen molar-refractivity contribution in [2.24, 2.45) is 5.92 Å². The Morgan fingerprint density at radius 3 is 3.00 bits per heavy atom. The fourth-order valence-corrected chi connectivity index (χ4v) is 3.58. The zero-order valence-electron chi connectivity index (χ0n) is 9.30. The molecule has 2 nitrogen and oxygen atoms in total. The Labute approximate surface area is 105 Å². The summed E-state index contributed by atoms with van der Waals surface area (Å²) in [5.41, 5.74) is 0. The summed E-state index contributed by atoms with van der Waals surface area (Å²) in [5.74, 6) is 2.03. The molecule has 1 saturated heterocycles. The van der Waals surface area contributed by atoms with Gasteiger partial charge in [0.1, 0.15) is 0 Å². The quantitative estimate of drug-likeness (QED) is 0.763. The third-order valence-electron chi connectivity index (χ3n) is 2.88. The molecule has 0 aromatic rings. The van der Waals surface area contributed by atoms with Crippen molar-refractivity contribution in [3.8, 4) is 0 Å². The largest absolute Gasteiger partial charge is 0.355 e. The number of halogens is 1. The van der Waals surface area contributed by atoms with E-state index in [0.717, 1.165) is 36.9 Å². The van der Waals surface area contributed by atoms with Crippen LogP contribution in [0.3, 0.4) is 0 Å². The van der Waals surface area contributed by atoms with E-state index in [-0.39, 0.29) is 11.2 Å². The molecule has 1 rings (SSSR count). The Hall–Kier alpha value is 0.300. The van der Waals surface area contributed by atoms with Gasteiger partial charge in [0.05, 0.1) is 5.25 Å². The first-order valence-electron chi connectivity index (χ1n) is 5.73. The highest BCUT2D eigenvalue weighted by Gasteiger charge is 2.23. The van der Waals surface area contributed by atoms with Gasteiger partial charge in [-0.3, -0.25) is 4.79 Å². The van der Waals surface area contributed by atoms with E-state index in [0.29, 0.717) is 5.92 Å².